The molecule has 0 spiro atoms. The molecule has 0 saturated carbocycles. The molecule has 0 bridgehead atoms. The molecule has 134 valence electrons. The van der Waals surface area contributed by atoms with Crippen LogP contribution in [-0.4, -0.2) is 29.6 Å². The molecule has 2 amide bonds. The lowest BCUT2D eigenvalue weighted by Gasteiger charge is -2.25. The van der Waals surface area contributed by atoms with Crippen molar-refractivity contribution < 1.29 is 23.5 Å². The van der Waals surface area contributed by atoms with E-state index in [2.05, 4.69) is 10.6 Å². The van der Waals surface area contributed by atoms with E-state index in [0.717, 1.165) is 0 Å². The van der Waals surface area contributed by atoms with Gasteiger partial charge in [0, 0.05) is 12.1 Å². The molecule has 0 radical (unpaired) electrons. The van der Waals surface area contributed by atoms with Crippen molar-refractivity contribution in [2.24, 2.45) is 5.41 Å². The number of amides is 2. The molecule has 1 atom stereocenters. The van der Waals surface area contributed by atoms with Gasteiger partial charge in [-0.15, -0.1) is 0 Å². The van der Waals surface area contributed by atoms with Crippen molar-refractivity contribution in [3.8, 4) is 11.3 Å². The highest BCUT2D eigenvalue weighted by atomic mass is 19.1. The number of furan rings is 1. The van der Waals surface area contributed by atoms with Crippen LogP contribution in [-0.2, 0) is 9.59 Å². The third-order valence-corrected chi connectivity index (χ3v) is 3.68. The summed E-state index contributed by atoms with van der Waals surface area (Å²) >= 11 is 0. The first-order valence-corrected chi connectivity index (χ1v) is 7.79. The molecule has 0 fully saturated rings. The highest BCUT2D eigenvalue weighted by Crippen LogP contribution is 2.25. The third kappa shape index (κ3) is 4.90. The second-order valence-electron chi connectivity index (χ2n) is 6.72. The van der Waals surface area contributed by atoms with Gasteiger partial charge in [-0.3, -0.25) is 9.59 Å². The zero-order chi connectivity index (χ0) is 18.6. The molecule has 7 heteroatoms. The molecule has 25 heavy (non-hydrogen) atoms. The fourth-order valence-electron chi connectivity index (χ4n) is 1.97. The van der Waals surface area contributed by atoms with E-state index in [4.69, 9.17) is 4.42 Å². The molecule has 1 aromatic carbocycles. The minimum absolute atomic E-state index is 0.0787. The minimum Gasteiger partial charge on any atom is -0.464 e. The van der Waals surface area contributed by atoms with Gasteiger partial charge in [0.1, 0.15) is 11.6 Å². The maximum atomic E-state index is 13.9. The number of halogens is 1. The summed E-state index contributed by atoms with van der Waals surface area (Å²) in [6.07, 6.45) is 0.661. The van der Waals surface area contributed by atoms with Crippen LogP contribution in [0.4, 0.5) is 10.1 Å². The number of carbonyl (C=O) groups excluding carboxylic acids is 2. The van der Waals surface area contributed by atoms with Crippen LogP contribution in [0.2, 0.25) is 0 Å². The number of nitrogens with one attached hydrogen (secondary N) is 2. The summed E-state index contributed by atoms with van der Waals surface area (Å²) in [6, 6.07) is 7.44. The summed E-state index contributed by atoms with van der Waals surface area (Å²) in [5.41, 5.74) is -0.0107. The van der Waals surface area contributed by atoms with Crippen molar-refractivity contribution in [3.63, 3.8) is 0 Å². The Morgan fingerprint density at radius 3 is 2.56 bits per heavy atom. The number of rotatable bonds is 4. The lowest BCUT2D eigenvalue weighted by molar-refractivity contribution is -0.136. The average Bonchev–Trinajstić information content (AvgIpc) is 3.07. The largest absolute Gasteiger partial charge is 0.464 e. The van der Waals surface area contributed by atoms with Crippen LogP contribution in [0.1, 0.15) is 20.8 Å². The lowest BCUT2D eigenvalue weighted by atomic mass is 9.89. The van der Waals surface area contributed by atoms with E-state index >= 15 is 0 Å². The monoisotopic (exact) mass is 348 g/mol. The first-order valence-electron chi connectivity index (χ1n) is 7.79. The van der Waals surface area contributed by atoms with Gasteiger partial charge in [-0.1, -0.05) is 20.8 Å². The van der Waals surface area contributed by atoms with Crippen molar-refractivity contribution in [2.45, 2.75) is 26.9 Å². The minimum atomic E-state index is -1.02. The second kappa shape index (κ2) is 7.48. The number of aliphatic hydroxyl groups excluding tert-OH is 1. The van der Waals surface area contributed by atoms with E-state index in [-0.39, 0.29) is 12.2 Å². The molecule has 2 rings (SSSR count). The molecular weight excluding hydrogens is 327 g/mol. The van der Waals surface area contributed by atoms with E-state index in [1.54, 1.807) is 32.9 Å². The van der Waals surface area contributed by atoms with Crippen molar-refractivity contribution in [1.82, 2.24) is 5.32 Å². The summed E-state index contributed by atoms with van der Waals surface area (Å²) in [7, 11) is 0. The molecule has 2 aromatic rings. The fraction of sp³-hybridized carbons (Fsp3) is 0.333. The van der Waals surface area contributed by atoms with Gasteiger partial charge in [-0.05, 0) is 35.7 Å². The van der Waals surface area contributed by atoms with Gasteiger partial charge in [-0.25, -0.2) is 4.39 Å². The SMILES string of the molecule is CC(C)(C)C(O)CNC(=O)C(=O)Nc1cc(-c2ccco2)ccc1F. The Balaban J connectivity index is 2.02. The Kier molecular flexibility index (Phi) is 5.58. The van der Waals surface area contributed by atoms with E-state index in [1.807, 2.05) is 0 Å². The third-order valence-electron chi connectivity index (χ3n) is 3.68. The Labute approximate surface area is 145 Å². The Morgan fingerprint density at radius 2 is 1.96 bits per heavy atom. The van der Waals surface area contributed by atoms with Gasteiger partial charge >= 0.3 is 11.8 Å². The zero-order valence-electron chi connectivity index (χ0n) is 14.3. The topological polar surface area (TPSA) is 91.6 Å². The van der Waals surface area contributed by atoms with E-state index in [0.29, 0.717) is 11.3 Å². The number of benzene rings is 1. The normalized spacial score (nSPS) is 12.5. The first-order chi connectivity index (χ1) is 11.7. The molecule has 0 aliphatic rings. The van der Waals surface area contributed by atoms with Crippen molar-refractivity contribution in [2.75, 3.05) is 11.9 Å². The predicted molar refractivity (Wildman–Crippen MR) is 91.2 cm³/mol. The van der Waals surface area contributed by atoms with Gasteiger partial charge in [0.2, 0.25) is 0 Å². The van der Waals surface area contributed by atoms with Crippen LogP contribution in [0.5, 0.6) is 0 Å². The molecule has 6 nitrogen and oxygen atoms in total. The lowest BCUT2D eigenvalue weighted by Crippen LogP contribution is -2.43. The van der Waals surface area contributed by atoms with Crippen LogP contribution in [0, 0.1) is 11.2 Å². The maximum Gasteiger partial charge on any atom is 0.313 e. The average molecular weight is 348 g/mol. The van der Waals surface area contributed by atoms with E-state index in [1.165, 1.54) is 24.5 Å². The molecule has 1 aromatic heterocycles. The quantitative estimate of drug-likeness (QED) is 0.741. The second-order valence-corrected chi connectivity index (χ2v) is 6.72. The molecule has 3 N–H and O–H groups in total. The molecular formula is C18H21FN2O4. The smallest absolute Gasteiger partial charge is 0.313 e. The first kappa shape index (κ1) is 18.7. The highest BCUT2D eigenvalue weighted by Gasteiger charge is 2.24. The number of hydrogen-bond donors (Lipinski definition) is 3. The maximum absolute atomic E-state index is 13.9. The van der Waals surface area contributed by atoms with Gasteiger partial charge in [0.15, 0.2) is 0 Å². The summed E-state index contributed by atoms with van der Waals surface area (Å²) in [5.74, 6) is -2.14. The summed E-state index contributed by atoms with van der Waals surface area (Å²) in [5, 5.41) is 14.4. The van der Waals surface area contributed by atoms with Gasteiger partial charge in [0.25, 0.3) is 0 Å². The molecule has 1 heterocycles. The summed E-state index contributed by atoms with van der Waals surface area (Å²) < 4.78 is 19.1. The molecule has 0 aliphatic heterocycles. The number of anilines is 1. The molecule has 1 unspecified atom stereocenters. The highest BCUT2D eigenvalue weighted by molar-refractivity contribution is 6.39. The van der Waals surface area contributed by atoms with Gasteiger partial charge in [-0.2, -0.15) is 0 Å². The van der Waals surface area contributed by atoms with Crippen LogP contribution in [0.3, 0.4) is 0 Å². The number of aliphatic hydroxyl groups is 1. The van der Waals surface area contributed by atoms with Crippen molar-refractivity contribution in [3.05, 3.63) is 42.4 Å². The standard InChI is InChI=1S/C18H21FN2O4/c1-18(2,3)15(22)10-20-16(23)17(24)21-13-9-11(6-7-12(13)19)14-5-4-8-25-14/h4-9,15,22H,10H2,1-3H3,(H,20,23)(H,21,24). The molecule has 0 saturated heterocycles. The number of carbonyl (C=O) groups is 2. The van der Waals surface area contributed by atoms with E-state index in [9.17, 15) is 19.1 Å². The van der Waals surface area contributed by atoms with Crippen molar-refractivity contribution >= 4 is 17.5 Å². The predicted octanol–water partition coefficient (Wildman–Crippen LogP) is 2.55. The molecule has 0 aliphatic carbocycles. The van der Waals surface area contributed by atoms with Crippen molar-refractivity contribution in [1.29, 1.82) is 0 Å². The van der Waals surface area contributed by atoms with Gasteiger partial charge < -0.3 is 20.2 Å². The van der Waals surface area contributed by atoms with Gasteiger partial charge in [0.05, 0.1) is 18.1 Å². The fourth-order valence-corrected chi connectivity index (χ4v) is 1.97. The zero-order valence-corrected chi connectivity index (χ0v) is 14.3. The summed E-state index contributed by atoms with van der Waals surface area (Å²) in [6.45, 7) is 5.34. The van der Waals surface area contributed by atoms with Crippen LogP contribution >= 0.6 is 0 Å². The summed E-state index contributed by atoms with van der Waals surface area (Å²) in [4.78, 5) is 23.8. The number of hydrogen-bond acceptors (Lipinski definition) is 4. The Hall–Kier alpha value is -2.67. The Bertz CT molecular complexity index is 751. The van der Waals surface area contributed by atoms with E-state index < -0.39 is 29.2 Å². The Morgan fingerprint density at radius 1 is 1.24 bits per heavy atom. The van der Waals surface area contributed by atoms with Crippen LogP contribution in [0.25, 0.3) is 11.3 Å². The van der Waals surface area contributed by atoms with Crippen LogP contribution < -0.4 is 10.6 Å². The van der Waals surface area contributed by atoms with Crippen LogP contribution in [0.15, 0.2) is 41.0 Å².